The first-order valence-corrected chi connectivity index (χ1v) is 14.1. The van der Waals surface area contributed by atoms with E-state index in [0.29, 0.717) is 13.1 Å². The summed E-state index contributed by atoms with van der Waals surface area (Å²) in [7, 11) is 0. The molecule has 0 aromatic heterocycles. The van der Waals surface area contributed by atoms with Crippen LogP contribution < -0.4 is 10.6 Å². The molecule has 40 heavy (non-hydrogen) atoms. The van der Waals surface area contributed by atoms with Gasteiger partial charge in [0.15, 0.2) is 6.29 Å². The maximum absolute atomic E-state index is 11.8. The summed E-state index contributed by atoms with van der Waals surface area (Å²) in [4.78, 5) is 14.2. The molecule has 212 valence electrons. The molecule has 2 amide bonds. The monoisotopic (exact) mass is 545 g/mol. The molecule has 2 heterocycles. The van der Waals surface area contributed by atoms with E-state index in [2.05, 4.69) is 51.9 Å². The minimum atomic E-state index is -0.482. The Bertz CT molecular complexity index is 1230. The van der Waals surface area contributed by atoms with E-state index in [4.69, 9.17) is 14.2 Å². The van der Waals surface area contributed by atoms with E-state index in [-0.39, 0.29) is 24.8 Å². The molecular formula is C32H39N3O5. The number of amides is 2. The molecule has 0 radical (unpaired) electrons. The third-order valence-electron chi connectivity index (χ3n) is 7.41. The number of morpholine rings is 1. The molecule has 2 saturated heterocycles. The van der Waals surface area contributed by atoms with Gasteiger partial charge >= 0.3 is 6.03 Å². The number of hydrogen-bond acceptors (Lipinski definition) is 6. The van der Waals surface area contributed by atoms with E-state index in [1.54, 1.807) is 0 Å². The van der Waals surface area contributed by atoms with Gasteiger partial charge in [0.2, 0.25) is 0 Å². The number of aliphatic hydroxyl groups excluding tert-OH is 1. The molecule has 3 aromatic rings. The van der Waals surface area contributed by atoms with E-state index >= 15 is 0 Å². The maximum Gasteiger partial charge on any atom is 0.315 e. The summed E-state index contributed by atoms with van der Waals surface area (Å²) in [5.74, 6) is 0. The Balaban J connectivity index is 1.30. The predicted octanol–water partition coefficient (Wildman–Crippen LogP) is 4.54. The fraction of sp³-hybridized carbons (Fsp3) is 0.406. The highest BCUT2D eigenvalue weighted by atomic mass is 16.7. The fourth-order valence-corrected chi connectivity index (χ4v) is 5.20. The van der Waals surface area contributed by atoms with Crippen molar-refractivity contribution >= 4 is 6.03 Å². The van der Waals surface area contributed by atoms with Gasteiger partial charge in [-0.25, -0.2) is 4.79 Å². The van der Waals surface area contributed by atoms with Gasteiger partial charge in [-0.05, 0) is 40.8 Å². The van der Waals surface area contributed by atoms with Crippen molar-refractivity contribution < 1.29 is 24.1 Å². The van der Waals surface area contributed by atoms with Crippen molar-refractivity contribution in [3.8, 4) is 11.1 Å². The van der Waals surface area contributed by atoms with Crippen molar-refractivity contribution in [2.24, 2.45) is 0 Å². The highest BCUT2D eigenvalue weighted by Gasteiger charge is 2.33. The predicted molar refractivity (Wildman–Crippen MR) is 153 cm³/mol. The number of nitrogens with one attached hydrogen (secondary N) is 2. The number of carbonyl (C=O) groups is 1. The van der Waals surface area contributed by atoms with Gasteiger partial charge < -0.3 is 30.0 Å². The molecule has 0 spiro atoms. The van der Waals surface area contributed by atoms with Crippen molar-refractivity contribution in [3.05, 3.63) is 95.1 Å². The number of carbonyl (C=O) groups excluding carboxylic acids is 1. The molecule has 0 bridgehead atoms. The Labute approximate surface area is 236 Å². The number of benzene rings is 3. The zero-order chi connectivity index (χ0) is 27.7. The van der Waals surface area contributed by atoms with Crippen LogP contribution in [0.15, 0.2) is 72.8 Å². The van der Waals surface area contributed by atoms with Crippen LogP contribution >= 0.6 is 0 Å². The third-order valence-corrected chi connectivity index (χ3v) is 7.41. The maximum atomic E-state index is 11.8. The van der Waals surface area contributed by atoms with Crippen LogP contribution in [0.2, 0.25) is 0 Å². The van der Waals surface area contributed by atoms with Gasteiger partial charge in [0.25, 0.3) is 0 Å². The van der Waals surface area contributed by atoms with E-state index in [1.807, 2.05) is 43.3 Å². The van der Waals surface area contributed by atoms with E-state index in [0.717, 1.165) is 72.6 Å². The minimum absolute atomic E-state index is 0.0214. The minimum Gasteiger partial charge on any atom is -0.392 e. The van der Waals surface area contributed by atoms with Crippen molar-refractivity contribution in [3.63, 3.8) is 0 Å². The van der Waals surface area contributed by atoms with Crippen LogP contribution in [0.1, 0.15) is 48.0 Å². The largest absolute Gasteiger partial charge is 0.392 e. The average Bonchev–Trinajstić information content (AvgIpc) is 3.01. The third kappa shape index (κ3) is 7.47. The van der Waals surface area contributed by atoms with Gasteiger partial charge in [-0.1, -0.05) is 66.7 Å². The molecule has 0 aliphatic carbocycles. The molecule has 2 aliphatic rings. The van der Waals surface area contributed by atoms with Gasteiger partial charge in [0.1, 0.15) is 0 Å². The molecular weight excluding hydrogens is 506 g/mol. The summed E-state index contributed by atoms with van der Waals surface area (Å²) >= 11 is 0. The second-order valence-electron chi connectivity index (χ2n) is 10.3. The topological polar surface area (TPSA) is 92.3 Å². The SMILES string of the molecule is CCNC(=O)NCc1cccc(-c2ccc(C3OC(CN4CCOCC4)CC(c4ccc(CO)cc4)O3)cc2)c1. The summed E-state index contributed by atoms with van der Waals surface area (Å²) in [5.41, 5.74) is 6.15. The molecule has 3 atom stereocenters. The summed E-state index contributed by atoms with van der Waals surface area (Å²) in [5, 5.41) is 15.1. The van der Waals surface area contributed by atoms with Crippen LogP contribution in [0.5, 0.6) is 0 Å². The normalized spacial score (nSPS) is 21.6. The Kier molecular flexibility index (Phi) is 9.81. The van der Waals surface area contributed by atoms with E-state index < -0.39 is 6.29 Å². The smallest absolute Gasteiger partial charge is 0.315 e. The van der Waals surface area contributed by atoms with Crippen LogP contribution in [-0.2, 0) is 27.4 Å². The standard InChI is InChI=1S/C32H39N3O5/c1-2-33-32(37)34-20-24-4-3-5-28(18-24)25-10-12-27(13-11-25)31-39-29(21-35-14-16-38-17-15-35)19-30(40-31)26-8-6-23(22-36)7-9-26/h3-13,18,29-31,36H,2,14-17,19-22H2,1H3,(H2,33,34,37). The lowest BCUT2D eigenvalue weighted by molar-refractivity contribution is -0.253. The van der Waals surface area contributed by atoms with E-state index in [9.17, 15) is 9.90 Å². The number of ether oxygens (including phenoxy) is 3. The molecule has 5 rings (SSSR count). The summed E-state index contributed by atoms with van der Waals surface area (Å²) in [6, 6.07) is 24.3. The number of hydrogen-bond donors (Lipinski definition) is 3. The van der Waals surface area contributed by atoms with Crippen LogP contribution in [-0.4, -0.2) is 61.5 Å². The first kappa shape index (κ1) is 28.3. The highest BCUT2D eigenvalue weighted by molar-refractivity contribution is 5.73. The molecule has 3 aromatic carbocycles. The van der Waals surface area contributed by atoms with Crippen LogP contribution in [0.25, 0.3) is 11.1 Å². The average molecular weight is 546 g/mol. The number of urea groups is 1. The fourth-order valence-electron chi connectivity index (χ4n) is 5.20. The van der Waals surface area contributed by atoms with Gasteiger partial charge in [0.05, 0.1) is 32.0 Å². The molecule has 2 aliphatic heterocycles. The second-order valence-corrected chi connectivity index (χ2v) is 10.3. The van der Waals surface area contributed by atoms with Gasteiger partial charge in [0, 0.05) is 44.7 Å². The first-order chi connectivity index (χ1) is 19.6. The zero-order valence-electron chi connectivity index (χ0n) is 23.1. The number of aliphatic hydroxyl groups is 1. The summed E-state index contributed by atoms with van der Waals surface area (Å²) in [6.45, 7) is 7.15. The van der Waals surface area contributed by atoms with Crippen molar-refractivity contribution in [2.75, 3.05) is 39.4 Å². The first-order valence-electron chi connectivity index (χ1n) is 14.1. The molecule has 3 unspecified atom stereocenters. The lowest BCUT2D eigenvalue weighted by atomic mass is 9.99. The molecule has 2 fully saturated rings. The van der Waals surface area contributed by atoms with Gasteiger partial charge in [-0.2, -0.15) is 0 Å². The van der Waals surface area contributed by atoms with Crippen LogP contribution in [0, 0.1) is 0 Å². The van der Waals surface area contributed by atoms with Gasteiger partial charge in [-0.15, -0.1) is 0 Å². The Morgan fingerprint density at radius 1 is 0.900 bits per heavy atom. The second kappa shape index (κ2) is 13.9. The Hall–Kier alpha value is -3.27. The highest BCUT2D eigenvalue weighted by Crippen LogP contribution is 2.38. The van der Waals surface area contributed by atoms with Crippen molar-refractivity contribution in [1.82, 2.24) is 15.5 Å². The van der Waals surface area contributed by atoms with Gasteiger partial charge in [-0.3, -0.25) is 4.90 Å². The number of rotatable bonds is 9. The number of nitrogens with zero attached hydrogens (tertiary/aromatic N) is 1. The van der Waals surface area contributed by atoms with Crippen molar-refractivity contribution in [1.29, 1.82) is 0 Å². The molecule has 8 heteroatoms. The summed E-state index contributed by atoms with van der Waals surface area (Å²) in [6.07, 6.45) is 0.199. The molecule has 3 N–H and O–H groups in total. The van der Waals surface area contributed by atoms with Crippen molar-refractivity contribution in [2.45, 2.75) is 45.0 Å². The van der Waals surface area contributed by atoms with E-state index in [1.165, 1.54) is 0 Å². The Morgan fingerprint density at radius 2 is 1.65 bits per heavy atom. The van der Waals surface area contributed by atoms with Crippen LogP contribution in [0.4, 0.5) is 4.79 Å². The lowest BCUT2D eigenvalue weighted by Crippen LogP contribution is -2.44. The lowest BCUT2D eigenvalue weighted by Gasteiger charge is -2.39. The Morgan fingerprint density at radius 3 is 2.38 bits per heavy atom. The van der Waals surface area contributed by atoms with Crippen LogP contribution in [0.3, 0.4) is 0 Å². The molecule has 0 saturated carbocycles. The zero-order valence-corrected chi connectivity index (χ0v) is 23.1. The quantitative estimate of drug-likeness (QED) is 0.366. The summed E-state index contributed by atoms with van der Waals surface area (Å²) < 4.78 is 18.6. The molecule has 8 nitrogen and oxygen atoms in total.